The van der Waals surface area contributed by atoms with Crippen LogP contribution in [0.1, 0.15) is 18.1 Å². The van der Waals surface area contributed by atoms with Crippen LogP contribution in [0.3, 0.4) is 0 Å². The zero-order chi connectivity index (χ0) is 13.3. The van der Waals surface area contributed by atoms with E-state index < -0.39 is 0 Å². The number of aryl methyl sites for hydroxylation is 1. The summed E-state index contributed by atoms with van der Waals surface area (Å²) in [6.07, 6.45) is 0. The maximum atomic E-state index is 12.0. The van der Waals surface area contributed by atoms with E-state index in [2.05, 4.69) is 10.6 Å². The highest BCUT2D eigenvalue weighted by Gasteiger charge is 2.17. The van der Waals surface area contributed by atoms with E-state index in [1.165, 1.54) is 0 Å². The van der Waals surface area contributed by atoms with Crippen LogP contribution >= 0.6 is 0 Å². The van der Waals surface area contributed by atoms with E-state index in [0.29, 0.717) is 11.3 Å². The Kier molecular flexibility index (Phi) is 3.39. The third-order valence-electron chi connectivity index (χ3n) is 3.43. The van der Waals surface area contributed by atoms with Crippen LogP contribution in [0, 0.1) is 13.8 Å². The second-order valence-corrected chi connectivity index (χ2v) is 4.69. The molecular formula is C14H18N2O2. The van der Waals surface area contributed by atoms with Crippen LogP contribution in [-0.2, 0) is 4.79 Å². The molecule has 3 N–H and O–H groups in total. The summed E-state index contributed by atoms with van der Waals surface area (Å²) >= 11 is 0. The van der Waals surface area contributed by atoms with Crippen molar-refractivity contribution in [3.05, 3.63) is 34.4 Å². The predicted octanol–water partition coefficient (Wildman–Crippen LogP) is 1.87. The van der Waals surface area contributed by atoms with Gasteiger partial charge < -0.3 is 15.7 Å². The number of phenolic OH excluding ortho intramolecular Hbond substituents is 1. The molecule has 4 nitrogen and oxygen atoms in total. The molecule has 1 amide bonds. The summed E-state index contributed by atoms with van der Waals surface area (Å²) in [6, 6.07) is 3.62. The van der Waals surface area contributed by atoms with E-state index in [1.807, 2.05) is 19.9 Å². The second kappa shape index (κ2) is 4.82. The van der Waals surface area contributed by atoms with E-state index in [9.17, 15) is 9.90 Å². The minimum atomic E-state index is -0.0992. The van der Waals surface area contributed by atoms with Gasteiger partial charge in [0.2, 0.25) is 0 Å². The van der Waals surface area contributed by atoms with Gasteiger partial charge in [-0.15, -0.1) is 0 Å². The van der Waals surface area contributed by atoms with Crippen molar-refractivity contribution in [2.45, 2.75) is 20.8 Å². The average Bonchev–Trinajstić information content (AvgIpc) is 2.27. The number of amides is 1. The molecule has 0 unspecified atom stereocenters. The summed E-state index contributed by atoms with van der Waals surface area (Å²) in [5.74, 6) is 0.140. The molecule has 0 aromatic heterocycles. The van der Waals surface area contributed by atoms with Crippen molar-refractivity contribution in [1.29, 1.82) is 0 Å². The average molecular weight is 246 g/mol. The van der Waals surface area contributed by atoms with Crippen molar-refractivity contribution >= 4 is 11.6 Å². The number of aromatic hydroxyl groups is 1. The van der Waals surface area contributed by atoms with Crippen molar-refractivity contribution in [2.24, 2.45) is 0 Å². The van der Waals surface area contributed by atoms with Gasteiger partial charge in [0.25, 0.3) is 5.91 Å². The second-order valence-electron chi connectivity index (χ2n) is 4.69. The lowest BCUT2D eigenvalue weighted by Crippen LogP contribution is -2.36. The van der Waals surface area contributed by atoms with Gasteiger partial charge in [-0.25, -0.2) is 0 Å². The first kappa shape index (κ1) is 12.6. The molecule has 2 rings (SSSR count). The molecule has 0 spiro atoms. The van der Waals surface area contributed by atoms with Crippen LogP contribution in [0.15, 0.2) is 23.3 Å². The molecule has 0 bridgehead atoms. The van der Waals surface area contributed by atoms with Crippen molar-refractivity contribution in [2.75, 3.05) is 18.4 Å². The van der Waals surface area contributed by atoms with Gasteiger partial charge in [-0.1, -0.05) is 6.07 Å². The first-order valence-electron chi connectivity index (χ1n) is 6.00. The lowest BCUT2D eigenvalue weighted by molar-refractivity contribution is -0.112. The van der Waals surface area contributed by atoms with Crippen LogP contribution in [0.5, 0.6) is 5.75 Å². The first-order valence-corrected chi connectivity index (χ1v) is 6.00. The number of phenols is 1. The van der Waals surface area contributed by atoms with Crippen LogP contribution in [0.25, 0.3) is 0 Å². The molecule has 0 atom stereocenters. The molecule has 0 radical (unpaired) electrons. The number of anilines is 1. The van der Waals surface area contributed by atoms with Crippen LogP contribution in [0.4, 0.5) is 5.69 Å². The molecule has 0 aliphatic carbocycles. The number of carbonyl (C=O) groups excluding carboxylic acids is 1. The quantitative estimate of drug-likeness (QED) is 0.698. The molecule has 18 heavy (non-hydrogen) atoms. The summed E-state index contributed by atoms with van der Waals surface area (Å²) < 4.78 is 0. The highest BCUT2D eigenvalue weighted by atomic mass is 16.3. The summed E-state index contributed by atoms with van der Waals surface area (Å²) in [6.45, 7) is 7.04. The van der Waals surface area contributed by atoms with E-state index in [1.54, 1.807) is 13.0 Å². The lowest BCUT2D eigenvalue weighted by atomic mass is 10.0. The maximum Gasteiger partial charge on any atom is 0.251 e. The fourth-order valence-corrected chi connectivity index (χ4v) is 1.86. The molecule has 96 valence electrons. The molecule has 0 saturated carbocycles. The largest absolute Gasteiger partial charge is 0.507 e. The number of carbonyl (C=O) groups is 1. The maximum absolute atomic E-state index is 12.0. The Morgan fingerprint density at radius 1 is 1.33 bits per heavy atom. The van der Waals surface area contributed by atoms with E-state index in [4.69, 9.17) is 0 Å². The smallest absolute Gasteiger partial charge is 0.251 e. The Hall–Kier alpha value is -1.81. The molecule has 1 aromatic carbocycles. The fraction of sp³-hybridized carbons (Fsp3) is 0.357. The molecule has 1 saturated heterocycles. The van der Waals surface area contributed by atoms with E-state index >= 15 is 0 Å². The summed E-state index contributed by atoms with van der Waals surface area (Å²) in [5.41, 5.74) is 4.07. The van der Waals surface area contributed by atoms with Gasteiger partial charge in [0, 0.05) is 29.9 Å². The van der Waals surface area contributed by atoms with Crippen LogP contribution < -0.4 is 10.6 Å². The third kappa shape index (κ3) is 2.24. The molecule has 1 fully saturated rings. The number of rotatable bonds is 2. The van der Waals surface area contributed by atoms with Crippen LogP contribution in [0.2, 0.25) is 0 Å². The number of hydrogen-bond acceptors (Lipinski definition) is 3. The lowest BCUT2D eigenvalue weighted by Gasteiger charge is -2.21. The number of hydrogen-bond donors (Lipinski definition) is 3. The van der Waals surface area contributed by atoms with Crippen molar-refractivity contribution < 1.29 is 9.90 Å². The zero-order valence-electron chi connectivity index (χ0n) is 10.9. The summed E-state index contributed by atoms with van der Waals surface area (Å²) in [7, 11) is 0. The normalized spacial score (nSPS) is 14.1. The molecule has 4 heteroatoms. The molecule has 1 heterocycles. The van der Waals surface area contributed by atoms with Crippen molar-refractivity contribution in [1.82, 2.24) is 5.32 Å². The topological polar surface area (TPSA) is 61.4 Å². The Labute approximate surface area is 107 Å². The van der Waals surface area contributed by atoms with Crippen molar-refractivity contribution in [3.63, 3.8) is 0 Å². The first-order chi connectivity index (χ1) is 8.50. The Morgan fingerprint density at radius 2 is 2.00 bits per heavy atom. The number of nitrogens with one attached hydrogen (secondary N) is 2. The number of benzene rings is 1. The van der Waals surface area contributed by atoms with Gasteiger partial charge in [-0.3, -0.25) is 4.79 Å². The molecular weight excluding hydrogens is 228 g/mol. The van der Waals surface area contributed by atoms with Gasteiger partial charge in [0.15, 0.2) is 0 Å². The summed E-state index contributed by atoms with van der Waals surface area (Å²) in [5, 5.41) is 15.8. The summed E-state index contributed by atoms with van der Waals surface area (Å²) in [4.78, 5) is 12.0. The Morgan fingerprint density at radius 3 is 2.56 bits per heavy atom. The fourth-order valence-electron chi connectivity index (χ4n) is 1.86. The minimum Gasteiger partial charge on any atom is -0.507 e. The monoisotopic (exact) mass is 246 g/mol. The molecule has 1 aromatic rings. The van der Waals surface area contributed by atoms with Gasteiger partial charge >= 0.3 is 0 Å². The van der Waals surface area contributed by atoms with Crippen LogP contribution in [-0.4, -0.2) is 24.1 Å². The van der Waals surface area contributed by atoms with E-state index in [-0.39, 0.29) is 11.7 Å². The predicted molar refractivity (Wildman–Crippen MR) is 71.8 cm³/mol. The zero-order valence-corrected chi connectivity index (χ0v) is 10.9. The Bertz CT molecular complexity index is 527. The van der Waals surface area contributed by atoms with Gasteiger partial charge in [0.1, 0.15) is 5.75 Å². The Balaban J connectivity index is 2.20. The highest BCUT2D eigenvalue weighted by Crippen LogP contribution is 2.28. The van der Waals surface area contributed by atoms with Gasteiger partial charge in [-0.2, -0.15) is 0 Å². The van der Waals surface area contributed by atoms with Crippen molar-refractivity contribution in [3.8, 4) is 5.75 Å². The third-order valence-corrected chi connectivity index (χ3v) is 3.43. The minimum absolute atomic E-state index is 0.0992. The molecule has 1 aliphatic rings. The van der Waals surface area contributed by atoms with Gasteiger partial charge in [-0.05, 0) is 38.0 Å². The standard InChI is InChI=1S/C14H18N2O2/c1-8-4-5-12(10(3)13(8)17)16-14(18)9(2)11-6-15-7-11/h4-5,15,17H,6-7H2,1-3H3,(H,16,18). The SMILES string of the molecule is CC(C(=O)Nc1ccc(C)c(O)c1C)=C1CNC1. The van der Waals surface area contributed by atoms with Gasteiger partial charge in [0.05, 0.1) is 0 Å². The van der Waals surface area contributed by atoms with E-state index in [0.717, 1.165) is 29.8 Å². The molecule has 1 aliphatic heterocycles. The highest BCUT2D eigenvalue weighted by molar-refractivity contribution is 6.04.